The van der Waals surface area contributed by atoms with Gasteiger partial charge in [0.15, 0.2) is 0 Å². The van der Waals surface area contributed by atoms with E-state index in [1.54, 1.807) is 0 Å². The van der Waals surface area contributed by atoms with E-state index in [0.717, 1.165) is 0 Å². The van der Waals surface area contributed by atoms with Gasteiger partial charge < -0.3 is 11.5 Å². The van der Waals surface area contributed by atoms with Gasteiger partial charge in [0.05, 0.1) is 17.4 Å². The van der Waals surface area contributed by atoms with Gasteiger partial charge in [-0.15, -0.1) is 0 Å². The number of aromatic nitrogens is 1. The highest BCUT2D eigenvalue weighted by Crippen LogP contribution is 2.11. The fourth-order valence-electron chi connectivity index (χ4n) is 0.637. The Bertz CT molecular complexity index is 300. The molecule has 0 unspecified atom stereocenters. The number of pyridine rings is 1. The number of amides is 1. The van der Waals surface area contributed by atoms with E-state index in [9.17, 15) is 4.79 Å². The standard InChI is InChI=1S/C6H6IN3O/c7-5-4(6(9)11)1-3(8)2-10-5/h1-2H,8H2,(H2,9,11). The third-order valence-corrected chi connectivity index (χ3v) is 1.99. The van der Waals surface area contributed by atoms with E-state index in [1.807, 2.05) is 22.6 Å². The van der Waals surface area contributed by atoms with Gasteiger partial charge in [-0.1, -0.05) is 0 Å². The lowest BCUT2D eigenvalue weighted by molar-refractivity contribution is 0.0999. The molecule has 1 rings (SSSR count). The van der Waals surface area contributed by atoms with Crippen LogP contribution in [0.2, 0.25) is 0 Å². The van der Waals surface area contributed by atoms with Crippen LogP contribution in [-0.2, 0) is 0 Å². The highest BCUT2D eigenvalue weighted by molar-refractivity contribution is 14.1. The van der Waals surface area contributed by atoms with Crippen LogP contribution in [0.3, 0.4) is 0 Å². The number of carbonyl (C=O) groups excluding carboxylic acids is 1. The third kappa shape index (κ3) is 1.79. The number of hydrogen-bond acceptors (Lipinski definition) is 3. The predicted molar refractivity (Wildman–Crippen MR) is 49.9 cm³/mol. The molecule has 0 saturated carbocycles. The maximum absolute atomic E-state index is 10.7. The zero-order valence-electron chi connectivity index (χ0n) is 5.54. The first kappa shape index (κ1) is 8.25. The summed E-state index contributed by atoms with van der Waals surface area (Å²) in [5.74, 6) is -0.505. The first-order chi connectivity index (χ1) is 5.11. The molecule has 0 fully saturated rings. The van der Waals surface area contributed by atoms with Crippen molar-refractivity contribution in [3.8, 4) is 0 Å². The summed E-state index contributed by atoms with van der Waals surface area (Å²) in [5, 5.41) is 0. The topological polar surface area (TPSA) is 82.0 Å². The van der Waals surface area contributed by atoms with E-state index >= 15 is 0 Å². The highest BCUT2D eigenvalue weighted by Gasteiger charge is 2.06. The molecular formula is C6H6IN3O. The van der Waals surface area contributed by atoms with E-state index in [0.29, 0.717) is 15.0 Å². The first-order valence-electron chi connectivity index (χ1n) is 2.82. The summed E-state index contributed by atoms with van der Waals surface area (Å²) in [6.45, 7) is 0. The quantitative estimate of drug-likeness (QED) is 0.567. The molecule has 4 N–H and O–H groups in total. The lowest BCUT2D eigenvalue weighted by Crippen LogP contribution is -2.13. The van der Waals surface area contributed by atoms with Gasteiger partial charge in [0, 0.05) is 0 Å². The largest absolute Gasteiger partial charge is 0.397 e. The van der Waals surface area contributed by atoms with Crippen LogP contribution >= 0.6 is 22.6 Å². The van der Waals surface area contributed by atoms with Crippen molar-refractivity contribution < 1.29 is 4.79 Å². The second-order valence-electron chi connectivity index (χ2n) is 1.97. The normalized spacial score (nSPS) is 9.55. The minimum atomic E-state index is -0.505. The number of anilines is 1. The van der Waals surface area contributed by atoms with Crippen LogP contribution in [0, 0.1) is 3.70 Å². The molecule has 1 heterocycles. The van der Waals surface area contributed by atoms with E-state index < -0.39 is 5.91 Å². The number of nitrogen functional groups attached to an aromatic ring is 1. The van der Waals surface area contributed by atoms with Crippen LogP contribution in [0.25, 0.3) is 0 Å². The Balaban J connectivity index is 3.23. The molecule has 0 spiro atoms. The maximum atomic E-state index is 10.7. The molecule has 0 aromatic carbocycles. The molecule has 11 heavy (non-hydrogen) atoms. The molecule has 0 aliphatic rings. The fourth-order valence-corrected chi connectivity index (χ4v) is 1.20. The molecule has 1 amide bonds. The molecule has 0 aliphatic carbocycles. The van der Waals surface area contributed by atoms with Gasteiger partial charge in [-0.25, -0.2) is 4.98 Å². The van der Waals surface area contributed by atoms with Gasteiger partial charge in [0.1, 0.15) is 3.70 Å². The number of rotatable bonds is 1. The van der Waals surface area contributed by atoms with Crippen LogP contribution in [0.15, 0.2) is 12.3 Å². The summed E-state index contributed by atoms with van der Waals surface area (Å²) in [4.78, 5) is 14.6. The summed E-state index contributed by atoms with van der Waals surface area (Å²) in [6, 6.07) is 1.51. The van der Waals surface area contributed by atoms with Crippen molar-refractivity contribution in [2.75, 3.05) is 5.73 Å². The number of nitrogens with two attached hydrogens (primary N) is 2. The average molecular weight is 263 g/mol. The summed E-state index contributed by atoms with van der Waals surface area (Å²) in [5.41, 5.74) is 11.2. The Morgan fingerprint density at radius 3 is 2.73 bits per heavy atom. The maximum Gasteiger partial charge on any atom is 0.251 e. The number of nitrogens with zero attached hydrogens (tertiary/aromatic N) is 1. The minimum absolute atomic E-state index is 0.366. The van der Waals surface area contributed by atoms with Crippen molar-refractivity contribution in [3.05, 3.63) is 21.5 Å². The van der Waals surface area contributed by atoms with E-state index in [1.165, 1.54) is 12.3 Å². The minimum Gasteiger partial charge on any atom is -0.397 e. The monoisotopic (exact) mass is 263 g/mol. The second-order valence-corrected chi connectivity index (χ2v) is 2.99. The van der Waals surface area contributed by atoms with E-state index in [2.05, 4.69) is 4.98 Å². The highest BCUT2D eigenvalue weighted by atomic mass is 127. The van der Waals surface area contributed by atoms with Crippen molar-refractivity contribution in [2.24, 2.45) is 5.73 Å². The summed E-state index contributed by atoms with van der Waals surface area (Å²) < 4.78 is 0.573. The van der Waals surface area contributed by atoms with Crippen molar-refractivity contribution in [2.45, 2.75) is 0 Å². The smallest absolute Gasteiger partial charge is 0.251 e. The lowest BCUT2D eigenvalue weighted by atomic mass is 10.2. The van der Waals surface area contributed by atoms with Crippen molar-refractivity contribution in [1.29, 1.82) is 0 Å². The molecular weight excluding hydrogens is 257 g/mol. The van der Waals surface area contributed by atoms with Gasteiger partial charge in [0.25, 0.3) is 5.91 Å². The molecule has 5 heteroatoms. The van der Waals surface area contributed by atoms with Crippen molar-refractivity contribution in [3.63, 3.8) is 0 Å². The van der Waals surface area contributed by atoms with Crippen LogP contribution in [0.1, 0.15) is 10.4 Å². The van der Waals surface area contributed by atoms with Crippen LogP contribution in [0.5, 0.6) is 0 Å². The average Bonchev–Trinajstić information content (AvgIpc) is 1.94. The number of halogens is 1. The van der Waals surface area contributed by atoms with E-state index in [4.69, 9.17) is 11.5 Å². The number of hydrogen-bond donors (Lipinski definition) is 2. The number of carbonyl (C=O) groups is 1. The Hall–Kier alpha value is -0.850. The predicted octanol–water partition coefficient (Wildman–Crippen LogP) is 0.367. The lowest BCUT2D eigenvalue weighted by Gasteiger charge is -1.98. The summed E-state index contributed by atoms with van der Waals surface area (Å²) in [7, 11) is 0. The molecule has 58 valence electrons. The molecule has 0 atom stereocenters. The summed E-state index contributed by atoms with van der Waals surface area (Å²) in [6.07, 6.45) is 1.48. The zero-order valence-corrected chi connectivity index (χ0v) is 7.70. The molecule has 1 aromatic rings. The van der Waals surface area contributed by atoms with Crippen LogP contribution in [0.4, 0.5) is 5.69 Å². The van der Waals surface area contributed by atoms with Gasteiger partial charge in [-0.2, -0.15) is 0 Å². The van der Waals surface area contributed by atoms with Crippen LogP contribution < -0.4 is 11.5 Å². The SMILES string of the molecule is NC(=O)c1cc(N)cnc1I. The third-order valence-electron chi connectivity index (χ3n) is 1.13. The van der Waals surface area contributed by atoms with Gasteiger partial charge in [0.2, 0.25) is 0 Å². The van der Waals surface area contributed by atoms with Crippen molar-refractivity contribution >= 4 is 34.2 Å². The Labute approximate surface area is 77.1 Å². The fraction of sp³-hybridized carbons (Fsp3) is 0. The molecule has 4 nitrogen and oxygen atoms in total. The molecule has 1 aromatic heterocycles. The summed E-state index contributed by atoms with van der Waals surface area (Å²) >= 11 is 1.92. The molecule has 0 aliphatic heterocycles. The Morgan fingerprint density at radius 2 is 2.27 bits per heavy atom. The van der Waals surface area contributed by atoms with Gasteiger partial charge >= 0.3 is 0 Å². The zero-order chi connectivity index (χ0) is 8.43. The van der Waals surface area contributed by atoms with Gasteiger partial charge in [-0.05, 0) is 28.7 Å². The Morgan fingerprint density at radius 1 is 1.64 bits per heavy atom. The second kappa shape index (κ2) is 3.04. The van der Waals surface area contributed by atoms with E-state index in [-0.39, 0.29) is 0 Å². The molecule has 0 bridgehead atoms. The van der Waals surface area contributed by atoms with Crippen LogP contribution in [-0.4, -0.2) is 10.9 Å². The Kier molecular flexibility index (Phi) is 2.28. The number of primary amides is 1. The first-order valence-corrected chi connectivity index (χ1v) is 3.90. The van der Waals surface area contributed by atoms with Crippen molar-refractivity contribution in [1.82, 2.24) is 4.98 Å². The molecule has 0 radical (unpaired) electrons. The van der Waals surface area contributed by atoms with Gasteiger partial charge in [-0.3, -0.25) is 4.79 Å². The molecule has 0 saturated heterocycles.